The maximum absolute atomic E-state index is 5.91. The minimum Gasteiger partial charge on any atom is -0.497 e. The largest absolute Gasteiger partial charge is 0.497 e. The van der Waals surface area contributed by atoms with Gasteiger partial charge in [0.1, 0.15) is 5.75 Å². The molecule has 0 fully saturated rings. The molecule has 0 atom stereocenters. The molecule has 0 amide bonds. The Kier molecular flexibility index (Phi) is 3.40. The van der Waals surface area contributed by atoms with Gasteiger partial charge in [0.15, 0.2) is 0 Å². The van der Waals surface area contributed by atoms with Crippen LogP contribution in [0.5, 0.6) is 5.75 Å². The summed E-state index contributed by atoms with van der Waals surface area (Å²) in [4.78, 5) is 0. The van der Waals surface area contributed by atoms with Crippen molar-refractivity contribution >= 4 is 28.7 Å². The maximum atomic E-state index is 5.91. The average Bonchev–Trinajstić information content (AvgIpc) is 2.34. The molecule has 0 radical (unpaired) electrons. The molecule has 2 aromatic rings. The molecule has 17 heavy (non-hydrogen) atoms. The van der Waals surface area contributed by atoms with Gasteiger partial charge >= 0.3 is 0 Å². The van der Waals surface area contributed by atoms with Crippen molar-refractivity contribution in [3.63, 3.8) is 0 Å². The van der Waals surface area contributed by atoms with Gasteiger partial charge in [-0.05, 0) is 36.4 Å². The van der Waals surface area contributed by atoms with Crippen LogP contribution in [0.25, 0.3) is 0 Å². The lowest BCUT2D eigenvalue weighted by atomic mass is 10.2. The van der Waals surface area contributed by atoms with Crippen molar-refractivity contribution in [3.05, 3.63) is 47.5 Å². The standard InChI is InChI=1S/C13H13ClN2O/c1-17-11-6-7-13(12(15)8-11)16-10-4-2-9(14)3-5-10/h2-8,16H,15H2,1H3. The van der Waals surface area contributed by atoms with Gasteiger partial charge in [-0.25, -0.2) is 0 Å². The number of nitrogens with two attached hydrogens (primary N) is 1. The first-order chi connectivity index (χ1) is 8.19. The van der Waals surface area contributed by atoms with Crippen molar-refractivity contribution in [2.45, 2.75) is 0 Å². The van der Waals surface area contributed by atoms with Crippen LogP contribution >= 0.6 is 11.6 Å². The van der Waals surface area contributed by atoms with Crippen LogP contribution in [0, 0.1) is 0 Å². The van der Waals surface area contributed by atoms with Gasteiger partial charge in [0.2, 0.25) is 0 Å². The third kappa shape index (κ3) is 2.82. The lowest BCUT2D eigenvalue weighted by molar-refractivity contribution is 0.415. The first kappa shape index (κ1) is 11.6. The summed E-state index contributed by atoms with van der Waals surface area (Å²) < 4.78 is 5.09. The molecule has 2 aromatic carbocycles. The van der Waals surface area contributed by atoms with E-state index in [-0.39, 0.29) is 0 Å². The van der Waals surface area contributed by atoms with Crippen LogP contribution in [-0.4, -0.2) is 7.11 Å². The van der Waals surface area contributed by atoms with E-state index in [0.29, 0.717) is 10.7 Å². The number of ether oxygens (including phenoxy) is 1. The van der Waals surface area contributed by atoms with E-state index in [1.54, 1.807) is 13.2 Å². The summed E-state index contributed by atoms with van der Waals surface area (Å²) in [6.07, 6.45) is 0. The Hall–Kier alpha value is -1.87. The van der Waals surface area contributed by atoms with Crippen molar-refractivity contribution in [1.29, 1.82) is 0 Å². The molecule has 4 heteroatoms. The van der Waals surface area contributed by atoms with Gasteiger partial charge in [-0.3, -0.25) is 0 Å². The third-order valence-electron chi connectivity index (χ3n) is 2.38. The van der Waals surface area contributed by atoms with Crippen LogP contribution in [0.1, 0.15) is 0 Å². The Morgan fingerprint density at radius 1 is 1.12 bits per heavy atom. The maximum Gasteiger partial charge on any atom is 0.121 e. The fourth-order valence-corrected chi connectivity index (χ4v) is 1.60. The van der Waals surface area contributed by atoms with Crippen molar-refractivity contribution in [2.24, 2.45) is 0 Å². The van der Waals surface area contributed by atoms with Gasteiger partial charge in [0, 0.05) is 16.8 Å². The number of benzene rings is 2. The summed E-state index contributed by atoms with van der Waals surface area (Å²) in [5.74, 6) is 0.740. The van der Waals surface area contributed by atoms with Gasteiger partial charge in [-0.1, -0.05) is 11.6 Å². The second-order valence-electron chi connectivity index (χ2n) is 3.59. The zero-order valence-corrected chi connectivity index (χ0v) is 10.2. The van der Waals surface area contributed by atoms with Crippen LogP contribution < -0.4 is 15.8 Å². The van der Waals surface area contributed by atoms with E-state index in [9.17, 15) is 0 Å². The number of anilines is 3. The molecule has 0 aliphatic carbocycles. The molecule has 0 aliphatic rings. The number of rotatable bonds is 3. The van der Waals surface area contributed by atoms with E-state index in [2.05, 4.69) is 5.32 Å². The van der Waals surface area contributed by atoms with Crippen LogP contribution in [0.15, 0.2) is 42.5 Å². The van der Waals surface area contributed by atoms with Gasteiger partial charge in [-0.2, -0.15) is 0 Å². The average molecular weight is 249 g/mol. The number of hydrogen-bond donors (Lipinski definition) is 2. The first-order valence-corrected chi connectivity index (χ1v) is 5.53. The van der Waals surface area contributed by atoms with E-state index in [1.165, 1.54) is 0 Å². The van der Waals surface area contributed by atoms with E-state index in [0.717, 1.165) is 17.1 Å². The smallest absolute Gasteiger partial charge is 0.121 e. The van der Waals surface area contributed by atoms with E-state index < -0.39 is 0 Å². The molecule has 3 nitrogen and oxygen atoms in total. The van der Waals surface area contributed by atoms with Crippen molar-refractivity contribution < 1.29 is 4.74 Å². The molecule has 0 aromatic heterocycles. The lowest BCUT2D eigenvalue weighted by Gasteiger charge is -2.10. The number of nitrogens with one attached hydrogen (secondary N) is 1. The van der Waals surface area contributed by atoms with Crippen LogP contribution in [0.2, 0.25) is 5.02 Å². The van der Waals surface area contributed by atoms with Crippen molar-refractivity contribution in [3.8, 4) is 5.75 Å². The Labute approximate surface area is 105 Å². The van der Waals surface area contributed by atoms with E-state index in [4.69, 9.17) is 22.1 Å². The topological polar surface area (TPSA) is 47.3 Å². The van der Waals surface area contributed by atoms with Crippen molar-refractivity contribution in [2.75, 3.05) is 18.2 Å². The highest BCUT2D eigenvalue weighted by Crippen LogP contribution is 2.27. The predicted octanol–water partition coefficient (Wildman–Crippen LogP) is 3.67. The van der Waals surface area contributed by atoms with Crippen LogP contribution in [0.4, 0.5) is 17.1 Å². The Morgan fingerprint density at radius 3 is 2.41 bits per heavy atom. The summed E-state index contributed by atoms with van der Waals surface area (Å²) >= 11 is 5.82. The minimum atomic E-state index is 0.638. The molecule has 0 spiro atoms. The zero-order valence-electron chi connectivity index (χ0n) is 9.41. The normalized spacial score (nSPS) is 10.0. The molecule has 0 bridgehead atoms. The zero-order chi connectivity index (χ0) is 12.3. The van der Waals surface area contributed by atoms with E-state index in [1.807, 2.05) is 36.4 Å². The molecule has 3 N–H and O–H groups in total. The molecular weight excluding hydrogens is 236 g/mol. The fraction of sp³-hybridized carbons (Fsp3) is 0.0769. The number of methoxy groups -OCH3 is 1. The first-order valence-electron chi connectivity index (χ1n) is 5.15. The van der Waals surface area contributed by atoms with Gasteiger partial charge in [-0.15, -0.1) is 0 Å². The molecule has 0 unspecified atom stereocenters. The molecule has 0 saturated heterocycles. The Bertz CT molecular complexity index is 511. The number of nitrogen functional groups attached to an aromatic ring is 1. The molecule has 0 aliphatic heterocycles. The Morgan fingerprint density at radius 2 is 1.82 bits per heavy atom. The summed E-state index contributed by atoms with van der Waals surface area (Å²) in [5, 5.41) is 3.92. The quantitative estimate of drug-likeness (QED) is 0.815. The highest BCUT2D eigenvalue weighted by atomic mass is 35.5. The molecule has 2 rings (SSSR count). The number of hydrogen-bond acceptors (Lipinski definition) is 3. The van der Waals surface area contributed by atoms with Crippen LogP contribution in [0.3, 0.4) is 0 Å². The van der Waals surface area contributed by atoms with Gasteiger partial charge in [0.25, 0.3) is 0 Å². The minimum absolute atomic E-state index is 0.638. The van der Waals surface area contributed by atoms with Gasteiger partial charge < -0.3 is 15.8 Å². The molecule has 88 valence electrons. The SMILES string of the molecule is COc1ccc(Nc2ccc(Cl)cc2)c(N)c1. The Balaban J connectivity index is 2.21. The summed E-state index contributed by atoms with van der Waals surface area (Å²) in [7, 11) is 1.61. The second kappa shape index (κ2) is 4.97. The highest BCUT2D eigenvalue weighted by Gasteiger charge is 2.01. The number of halogens is 1. The van der Waals surface area contributed by atoms with Crippen LogP contribution in [-0.2, 0) is 0 Å². The second-order valence-corrected chi connectivity index (χ2v) is 4.02. The monoisotopic (exact) mass is 248 g/mol. The van der Waals surface area contributed by atoms with Crippen molar-refractivity contribution in [1.82, 2.24) is 0 Å². The van der Waals surface area contributed by atoms with E-state index >= 15 is 0 Å². The molecule has 0 heterocycles. The summed E-state index contributed by atoms with van der Waals surface area (Å²) in [5.41, 5.74) is 8.32. The predicted molar refractivity (Wildman–Crippen MR) is 72.1 cm³/mol. The summed E-state index contributed by atoms with van der Waals surface area (Å²) in [6.45, 7) is 0. The van der Waals surface area contributed by atoms with Gasteiger partial charge in [0.05, 0.1) is 18.5 Å². The lowest BCUT2D eigenvalue weighted by Crippen LogP contribution is -1.96. The highest BCUT2D eigenvalue weighted by molar-refractivity contribution is 6.30. The molecular formula is C13H13ClN2O. The third-order valence-corrected chi connectivity index (χ3v) is 2.63. The summed E-state index contributed by atoms with van der Waals surface area (Å²) in [6, 6.07) is 12.9. The fourth-order valence-electron chi connectivity index (χ4n) is 1.47. The molecule has 0 saturated carbocycles.